The van der Waals surface area contributed by atoms with Gasteiger partial charge in [0, 0.05) is 12.0 Å². The molecule has 0 unspecified atom stereocenters. The molecule has 5 nitrogen and oxygen atoms in total. The average Bonchev–Trinajstić information content (AvgIpc) is 2.46. The van der Waals surface area contributed by atoms with E-state index in [2.05, 4.69) is 20.4 Å². The van der Waals surface area contributed by atoms with Crippen LogP contribution in [0.4, 0.5) is 18.9 Å². The number of hydrogen-bond donors (Lipinski definition) is 2. The van der Waals surface area contributed by atoms with Crippen molar-refractivity contribution in [2.75, 3.05) is 25.0 Å². The van der Waals surface area contributed by atoms with Crippen molar-refractivity contribution >= 4 is 24.0 Å². The van der Waals surface area contributed by atoms with E-state index in [1.807, 2.05) is 0 Å². The highest BCUT2D eigenvalue weighted by Crippen LogP contribution is 2.19. The van der Waals surface area contributed by atoms with Gasteiger partial charge in [0.15, 0.2) is 6.61 Å². The van der Waals surface area contributed by atoms with Crippen molar-refractivity contribution in [3.8, 4) is 5.88 Å². The first-order chi connectivity index (χ1) is 9.94. The van der Waals surface area contributed by atoms with Crippen molar-refractivity contribution in [3.05, 3.63) is 18.3 Å². The minimum absolute atomic E-state index is 0. The number of carbonyl (C=O) groups is 1. The topological polar surface area (TPSA) is 63.2 Å². The predicted octanol–water partition coefficient (Wildman–Crippen LogP) is 2.38. The molecule has 0 aliphatic carbocycles. The summed E-state index contributed by atoms with van der Waals surface area (Å²) in [7, 11) is 0. The molecule has 0 aromatic carbocycles. The lowest BCUT2D eigenvalue weighted by Gasteiger charge is -2.21. The quantitative estimate of drug-likeness (QED) is 0.884. The Morgan fingerprint density at radius 1 is 1.36 bits per heavy atom. The molecule has 1 aromatic heterocycles. The van der Waals surface area contributed by atoms with Crippen LogP contribution in [0, 0.1) is 5.92 Å². The maximum atomic E-state index is 12.0. The fraction of sp³-hybridized carbons (Fsp3) is 0.538. The number of anilines is 1. The highest BCUT2D eigenvalue weighted by molar-refractivity contribution is 5.92. The molecular formula is C13H17ClF3N3O2. The first-order valence-corrected chi connectivity index (χ1v) is 6.61. The Hall–Kier alpha value is -1.54. The van der Waals surface area contributed by atoms with E-state index < -0.39 is 12.8 Å². The summed E-state index contributed by atoms with van der Waals surface area (Å²) in [6.45, 7) is 0.224. The number of aromatic nitrogens is 1. The number of amides is 1. The van der Waals surface area contributed by atoms with Gasteiger partial charge in [-0.15, -0.1) is 12.4 Å². The van der Waals surface area contributed by atoms with Crippen LogP contribution >= 0.6 is 12.4 Å². The van der Waals surface area contributed by atoms with Crippen molar-refractivity contribution in [2.24, 2.45) is 5.92 Å². The van der Waals surface area contributed by atoms with Crippen LogP contribution in [0.5, 0.6) is 5.88 Å². The van der Waals surface area contributed by atoms with Gasteiger partial charge in [0.1, 0.15) is 0 Å². The molecule has 1 aliphatic rings. The van der Waals surface area contributed by atoms with Gasteiger partial charge in [-0.3, -0.25) is 4.79 Å². The van der Waals surface area contributed by atoms with E-state index in [1.165, 1.54) is 18.3 Å². The minimum atomic E-state index is -4.40. The number of alkyl halides is 3. The maximum absolute atomic E-state index is 12.0. The molecule has 0 bridgehead atoms. The summed E-state index contributed by atoms with van der Waals surface area (Å²) in [4.78, 5) is 15.7. The Balaban J connectivity index is 0.00000242. The molecule has 2 rings (SSSR count). The second-order valence-electron chi connectivity index (χ2n) is 4.80. The number of nitrogens with one attached hydrogen (secondary N) is 2. The van der Waals surface area contributed by atoms with Gasteiger partial charge in [0.2, 0.25) is 11.8 Å². The molecule has 1 amide bonds. The van der Waals surface area contributed by atoms with Gasteiger partial charge in [-0.05, 0) is 32.0 Å². The van der Waals surface area contributed by atoms with E-state index in [0.29, 0.717) is 5.69 Å². The van der Waals surface area contributed by atoms with Crippen LogP contribution in [0.1, 0.15) is 12.8 Å². The van der Waals surface area contributed by atoms with E-state index in [4.69, 9.17) is 0 Å². The van der Waals surface area contributed by atoms with Crippen LogP contribution < -0.4 is 15.4 Å². The number of rotatable bonds is 4. The predicted molar refractivity (Wildman–Crippen MR) is 77.3 cm³/mol. The zero-order valence-corrected chi connectivity index (χ0v) is 12.5. The first kappa shape index (κ1) is 18.5. The third-order valence-electron chi connectivity index (χ3n) is 3.10. The molecule has 1 saturated heterocycles. The average molecular weight is 340 g/mol. The summed E-state index contributed by atoms with van der Waals surface area (Å²) >= 11 is 0. The van der Waals surface area contributed by atoms with Crippen molar-refractivity contribution in [1.82, 2.24) is 10.3 Å². The summed E-state index contributed by atoms with van der Waals surface area (Å²) in [6.07, 6.45) is -1.58. The molecule has 9 heteroatoms. The summed E-state index contributed by atoms with van der Waals surface area (Å²) in [5.74, 6) is -0.276. The van der Waals surface area contributed by atoms with Crippen LogP contribution in [0.25, 0.3) is 0 Å². The highest BCUT2D eigenvalue weighted by Gasteiger charge is 2.28. The lowest BCUT2D eigenvalue weighted by Crippen LogP contribution is -2.34. The van der Waals surface area contributed by atoms with Crippen molar-refractivity contribution in [3.63, 3.8) is 0 Å². The molecule has 0 atom stereocenters. The molecule has 1 fully saturated rings. The zero-order valence-electron chi connectivity index (χ0n) is 11.7. The molecule has 0 saturated carbocycles. The van der Waals surface area contributed by atoms with Gasteiger partial charge in [-0.25, -0.2) is 4.98 Å². The monoisotopic (exact) mass is 339 g/mol. The lowest BCUT2D eigenvalue weighted by atomic mass is 9.97. The number of pyridine rings is 1. The third-order valence-corrected chi connectivity index (χ3v) is 3.10. The van der Waals surface area contributed by atoms with Crippen molar-refractivity contribution in [1.29, 1.82) is 0 Å². The fourth-order valence-corrected chi connectivity index (χ4v) is 2.02. The Labute approximate surface area is 132 Å². The molecule has 1 aliphatic heterocycles. The van der Waals surface area contributed by atoms with Gasteiger partial charge in [-0.1, -0.05) is 0 Å². The van der Waals surface area contributed by atoms with E-state index >= 15 is 0 Å². The number of carbonyl (C=O) groups excluding carboxylic acids is 1. The Morgan fingerprint density at radius 2 is 2.05 bits per heavy atom. The summed E-state index contributed by atoms with van der Waals surface area (Å²) < 4.78 is 40.4. The molecule has 0 radical (unpaired) electrons. The van der Waals surface area contributed by atoms with Crippen LogP contribution in [0.15, 0.2) is 18.3 Å². The molecule has 124 valence electrons. The largest absolute Gasteiger partial charge is 0.468 e. The summed E-state index contributed by atoms with van der Waals surface area (Å²) in [6, 6.07) is 2.77. The van der Waals surface area contributed by atoms with E-state index in [9.17, 15) is 18.0 Å². The number of piperidine rings is 1. The standard InChI is InChI=1S/C13H16F3N3O2.ClH/c14-13(15,16)8-21-11-2-1-10(7-18-11)19-12(20)9-3-5-17-6-4-9;/h1-2,7,9,17H,3-6,8H2,(H,19,20);1H. The van der Waals surface area contributed by atoms with Gasteiger partial charge >= 0.3 is 6.18 Å². The van der Waals surface area contributed by atoms with E-state index in [-0.39, 0.29) is 30.1 Å². The van der Waals surface area contributed by atoms with Gasteiger partial charge in [0.25, 0.3) is 0 Å². The molecule has 2 heterocycles. The molecule has 22 heavy (non-hydrogen) atoms. The first-order valence-electron chi connectivity index (χ1n) is 6.61. The highest BCUT2D eigenvalue weighted by atomic mass is 35.5. The third kappa shape index (κ3) is 6.07. The SMILES string of the molecule is Cl.O=C(Nc1ccc(OCC(F)(F)F)nc1)C1CCNCC1. The normalized spacial score (nSPS) is 15.8. The van der Waals surface area contributed by atoms with Crippen molar-refractivity contribution in [2.45, 2.75) is 19.0 Å². The van der Waals surface area contributed by atoms with Crippen LogP contribution in [-0.2, 0) is 4.79 Å². The van der Waals surface area contributed by atoms with E-state index in [0.717, 1.165) is 25.9 Å². The van der Waals surface area contributed by atoms with Crippen molar-refractivity contribution < 1.29 is 22.7 Å². The molecule has 1 aromatic rings. The Morgan fingerprint density at radius 3 is 2.59 bits per heavy atom. The second kappa shape index (κ2) is 8.19. The molecule has 2 N–H and O–H groups in total. The maximum Gasteiger partial charge on any atom is 0.422 e. The van der Waals surface area contributed by atoms with Gasteiger partial charge in [-0.2, -0.15) is 13.2 Å². The summed E-state index contributed by atoms with van der Waals surface area (Å²) in [5.41, 5.74) is 0.442. The fourth-order valence-electron chi connectivity index (χ4n) is 2.02. The zero-order chi connectivity index (χ0) is 15.3. The second-order valence-corrected chi connectivity index (χ2v) is 4.80. The van der Waals surface area contributed by atoms with Crippen LogP contribution in [-0.4, -0.2) is 36.8 Å². The Kier molecular flexibility index (Phi) is 6.89. The molecule has 0 spiro atoms. The van der Waals surface area contributed by atoms with Crippen LogP contribution in [0.2, 0.25) is 0 Å². The van der Waals surface area contributed by atoms with Gasteiger partial charge in [0.05, 0.1) is 11.9 Å². The summed E-state index contributed by atoms with van der Waals surface area (Å²) in [5, 5.41) is 5.87. The van der Waals surface area contributed by atoms with E-state index in [1.54, 1.807) is 0 Å². The number of halogens is 4. The Bertz CT molecular complexity index is 476. The minimum Gasteiger partial charge on any atom is -0.468 e. The lowest BCUT2D eigenvalue weighted by molar-refractivity contribution is -0.154. The molecular weight excluding hydrogens is 323 g/mol. The van der Waals surface area contributed by atoms with Gasteiger partial charge < -0.3 is 15.4 Å². The number of nitrogens with zero attached hydrogens (tertiary/aromatic N) is 1. The van der Waals surface area contributed by atoms with Crippen LogP contribution in [0.3, 0.4) is 0 Å². The smallest absolute Gasteiger partial charge is 0.422 e. The number of hydrogen-bond acceptors (Lipinski definition) is 4. The number of ether oxygens (including phenoxy) is 1.